The lowest BCUT2D eigenvalue weighted by atomic mass is 9.98. The minimum Gasteiger partial charge on any atom is -0.378 e. The van der Waals surface area contributed by atoms with Gasteiger partial charge in [-0.15, -0.1) is 0 Å². The molecule has 1 aromatic rings. The Morgan fingerprint density at radius 2 is 2.16 bits per heavy atom. The van der Waals surface area contributed by atoms with Crippen LogP contribution in [-0.2, 0) is 16.0 Å². The lowest BCUT2D eigenvalue weighted by Gasteiger charge is -2.32. The first kappa shape index (κ1) is 23.8. The quantitative estimate of drug-likeness (QED) is 0.437. The minimum absolute atomic E-state index is 0.242. The zero-order chi connectivity index (χ0) is 21.9. The molecule has 0 aromatic carbocycles. The molecule has 2 aliphatic rings. The predicted molar refractivity (Wildman–Crippen MR) is 127 cm³/mol. The molecule has 174 valence electrons. The minimum atomic E-state index is 0.242. The molecule has 7 nitrogen and oxygen atoms in total. The van der Waals surface area contributed by atoms with Gasteiger partial charge in [0.15, 0.2) is 5.96 Å². The van der Waals surface area contributed by atoms with E-state index in [0.717, 1.165) is 63.5 Å². The van der Waals surface area contributed by atoms with Crippen molar-refractivity contribution in [1.82, 2.24) is 15.6 Å². The molecule has 0 bridgehead atoms. The van der Waals surface area contributed by atoms with Crippen LogP contribution in [0.3, 0.4) is 0 Å². The molecular weight excluding hydrogens is 390 g/mol. The highest BCUT2D eigenvalue weighted by Gasteiger charge is 2.25. The number of hydrogen-bond acceptors (Lipinski definition) is 5. The lowest BCUT2D eigenvalue weighted by Crippen LogP contribution is -2.41. The fraction of sp³-hybridized carbons (Fsp3) is 0.750. The maximum Gasteiger partial charge on any atom is 0.191 e. The Morgan fingerprint density at radius 1 is 1.32 bits per heavy atom. The van der Waals surface area contributed by atoms with Crippen molar-refractivity contribution in [2.45, 2.75) is 71.6 Å². The van der Waals surface area contributed by atoms with Crippen molar-refractivity contribution in [2.75, 3.05) is 44.3 Å². The maximum absolute atomic E-state index is 6.05. The summed E-state index contributed by atoms with van der Waals surface area (Å²) in [5.74, 6) is 2.60. The highest BCUT2D eigenvalue weighted by molar-refractivity contribution is 5.79. The molecule has 1 aliphatic carbocycles. The van der Waals surface area contributed by atoms with Crippen LogP contribution in [0.15, 0.2) is 23.3 Å². The van der Waals surface area contributed by atoms with E-state index in [4.69, 9.17) is 14.5 Å². The molecule has 31 heavy (non-hydrogen) atoms. The van der Waals surface area contributed by atoms with E-state index in [0.29, 0.717) is 12.6 Å². The largest absolute Gasteiger partial charge is 0.378 e. The summed E-state index contributed by atoms with van der Waals surface area (Å²) in [5.41, 5.74) is 1.17. The third-order valence-electron chi connectivity index (χ3n) is 6.17. The fourth-order valence-electron chi connectivity index (χ4n) is 4.60. The summed E-state index contributed by atoms with van der Waals surface area (Å²) in [6.07, 6.45) is 8.84. The third kappa shape index (κ3) is 7.65. The summed E-state index contributed by atoms with van der Waals surface area (Å²) < 4.78 is 11.7. The summed E-state index contributed by atoms with van der Waals surface area (Å²) in [6.45, 7) is 12.0. The van der Waals surface area contributed by atoms with E-state index in [1.807, 2.05) is 12.3 Å². The van der Waals surface area contributed by atoms with Gasteiger partial charge in [-0.3, -0.25) is 0 Å². The number of guanidine groups is 1. The Kier molecular flexibility index (Phi) is 9.87. The van der Waals surface area contributed by atoms with Gasteiger partial charge < -0.3 is 25.0 Å². The molecule has 2 N–H and O–H groups in total. The summed E-state index contributed by atoms with van der Waals surface area (Å²) in [6, 6.07) is 4.20. The number of rotatable bonds is 10. The van der Waals surface area contributed by atoms with E-state index in [2.05, 4.69) is 47.4 Å². The topological polar surface area (TPSA) is 71.0 Å². The molecule has 1 saturated heterocycles. The number of aromatic nitrogens is 1. The number of anilines is 1. The molecule has 1 aliphatic heterocycles. The van der Waals surface area contributed by atoms with Gasteiger partial charge in [0.05, 0.1) is 25.4 Å². The molecule has 2 heterocycles. The number of morpholine rings is 1. The Morgan fingerprint density at radius 3 is 2.90 bits per heavy atom. The van der Waals surface area contributed by atoms with Gasteiger partial charge in [-0.25, -0.2) is 9.98 Å². The zero-order valence-electron chi connectivity index (χ0n) is 19.6. The average molecular weight is 432 g/mol. The van der Waals surface area contributed by atoms with Crippen molar-refractivity contribution >= 4 is 11.8 Å². The molecule has 0 spiro atoms. The average Bonchev–Trinajstić information content (AvgIpc) is 3.32. The van der Waals surface area contributed by atoms with Crippen LogP contribution in [0, 0.1) is 5.92 Å². The van der Waals surface area contributed by atoms with Crippen LogP contribution < -0.4 is 15.5 Å². The van der Waals surface area contributed by atoms with Gasteiger partial charge >= 0.3 is 0 Å². The monoisotopic (exact) mass is 431 g/mol. The van der Waals surface area contributed by atoms with Crippen LogP contribution in [0.25, 0.3) is 0 Å². The molecule has 1 saturated carbocycles. The standard InChI is InChI=1S/C24H41N5O2/c1-4-25-24(27-13-11-22(30-5-2)21-8-6-7-9-21)28-17-20-10-12-26-23(16-20)29-14-15-31-19(3)18-29/h10,12,16,19,21-22H,4-9,11,13-15,17-18H2,1-3H3,(H2,25,27,28). The first-order valence-corrected chi connectivity index (χ1v) is 12.1. The van der Waals surface area contributed by atoms with Crippen molar-refractivity contribution in [3.8, 4) is 0 Å². The van der Waals surface area contributed by atoms with Gasteiger partial charge in [0, 0.05) is 39.0 Å². The number of pyridine rings is 1. The fourth-order valence-corrected chi connectivity index (χ4v) is 4.60. The van der Waals surface area contributed by atoms with E-state index >= 15 is 0 Å². The second kappa shape index (κ2) is 12.9. The molecule has 2 fully saturated rings. The van der Waals surface area contributed by atoms with Gasteiger partial charge in [0.25, 0.3) is 0 Å². The van der Waals surface area contributed by atoms with Gasteiger partial charge in [0.2, 0.25) is 0 Å². The number of nitrogens with zero attached hydrogens (tertiary/aromatic N) is 3. The Hall–Kier alpha value is -1.86. The molecule has 2 atom stereocenters. The number of aliphatic imine (C=N–C) groups is 1. The summed E-state index contributed by atoms with van der Waals surface area (Å²) in [5, 5.41) is 6.87. The van der Waals surface area contributed by atoms with Crippen LogP contribution in [0.2, 0.25) is 0 Å². The molecule has 2 unspecified atom stereocenters. The van der Waals surface area contributed by atoms with E-state index in [1.54, 1.807) is 0 Å². The molecule has 1 aromatic heterocycles. The van der Waals surface area contributed by atoms with Gasteiger partial charge in [-0.2, -0.15) is 0 Å². The zero-order valence-corrected chi connectivity index (χ0v) is 19.6. The van der Waals surface area contributed by atoms with Crippen LogP contribution >= 0.6 is 0 Å². The van der Waals surface area contributed by atoms with Gasteiger partial charge in [0.1, 0.15) is 5.82 Å². The third-order valence-corrected chi connectivity index (χ3v) is 6.17. The molecule has 0 amide bonds. The second-order valence-corrected chi connectivity index (χ2v) is 8.60. The predicted octanol–water partition coefficient (Wildman–Crippen LogP) is 3.35. The van der Waals surface area contributed by atoms with E-state index in [9.17, 15) is 0 Å². The Balaban J connectivity index is 1.53. The summed E-state index contributed by atoms with van der Waals surface area (Å²) >= 11 is 0. The van der Waals surface area contributed by atoms with E-state index in [1.165, 1.54) is 31.2 Å². The number of nitrogens with one attached hydrogen (secondary N) is 2. The normalized spacial score (nSPS) is 21.3. The van der Waals surface area contributed by atoms with Gasteiger partial charge in [-0.05, 0) is 63.6 Å². The van der Waals surface area contributed by atoms with Crippen LogP contribution in [0.1, 0.15) is 58.4 Å². The molecular formula is C24H41N5O2. The van der Waals surface area contributed by atoms with Crippen molar-refractivity contribution in [3.05, 3.63) is 23.9 Å². The van der Waals surface area contributed by atoms with Gasteiger partial charge in [-0.1, -0.05) is 12.8 Å². The van der Waals surface area contributed by atoms with E-state index in [-0.39, 0.29) is 6.10 Å². The van der Waals surface area contributed by atoms with Crippen molar-refractivity contribution in [3.63, 3.8) is 0 Å². The van der Waals surface area contributed by atoms with Crippen molar-refractivity contribution < 1.29 is 9.47 Å². The Labute approximate surface area is 188 Å². The number of ether oxygens (including phenoxy) is 2. The smallest absolute Gasteiger partial charge is 0.191 e. The van der Waals surface area contributed by atoms with Crippen molar-refractivity contribution in [2.24, 2.45) is 10.9 Å². The highest BCUT2D eigenvalue weighted by Crippen LogP contribution is 2.30. The van der Waals surface area contributed by atoms with Crippen LogP contribution in [0.5, 0.6) is 0 Å². The lowest BCUT2D eigenvalue weighted by molar-refractivity contribution is 0.0169. The van der Waals surface area contributed by atoms with Crippen LogP contribution in [0.4, 0.5) is 5.82 Å². The van der Waals surface area contributed by atoms with Crippen molar-refractivity contribution in [1.29, 1.82) is 0 Å². The van der Waals surface area contributed by atoms with E-state index < -0.39 is 0 Å². The molecule has 0 radical (unpaired) electrons. The SMILES string of the molecule is CCNC(=NCc1ccnc(N2CCOC(C)C2)c1)NCCC(OCC)C1CCCC1. The summed E-state index contributed by atoms with van der Waals surface area (Å²) in [4.78, 5) is 11.7. The summed E-state index contributed by atoms with van der Waals surface area (Å²) in [7, 11) is 0. The Bertz CT molecular complexity index is 678. The van der Waals surface area contributed by atoms with Crippen LogP contribution in [-0.4, -0.2) is 62.5 Å². The first-order valence-electron chi connectivity index (χ1n) is 12.1. The molecule has 7 heteroatoms. The first-order chi connectivity index (χ1) is 15.2. The second-order valence-electron chi connectivity index (χ2n) is 8.60. The number of hydrogen-bond donors (Lipinski definition) is 2. The maximum atomic E-state index is 6.05. The highest BCUT2D eigenvalue weighted by atomic mass is 16.5. The molecule has 3 rings (SSSR count).